The third kappa shape index (κ3) is 8.53. The van der Waals surface area contributed by atoms with Crippen molar-refractivity contribution in [2.45, 2.75) is 77.2 Å². The van der Waals surface area contributed by atoms with Crippen LogP contribution in [0, 0.1) is 5.92 Å². The molecule has 9 heteroatoms. The zero-order chi connectivity index (χ0) is 23.5. The van der Waals surface area contributed by atoms with Crippen molar-refractivity contribution in [3.05, 3.63) is 30.3 Å². The third-order valence-electron chi connectivity index (χ3n) is 5.91. The van der Waals surface area contributed by atoms with E-state index in [9.17, 15) is 9.59 Å². The van der Waals surface area contributed by atoms with Gasteiger partial charge in [0.15, 0.2) is 0 Å². The number of para-hydroxylation sites is 1. The van der Waals surface area contributed by atoms with E-state index in [1.165, 1.54) is 6.42 Å². The van der Waals surface area contributed by atoms with Crippen molar-refractivity contribution >= 4 is 20.9 Å². The summed E-state index contributed by atoms with van der Waals surface area (Å²) in [6.45, 7) is 5.12. The molecule has 8 nitrogen and oxygen atoms in total. The van der Waals surface area contributed by atoms with Crippen LogP contribution in [0.3, 0.4) is 0 Å². The monoisotopic (exact) mass is 480 g/mol. The molecule has 1 saturated heterocycles. The fraction of sp³-hybridized carbons (Fsp3) is 0.667. The fourth-order valence-corrected chi connectivity index (χ4v) is 5.38. The number of carbonyl (C=O) groups is 2. The number of nitrogens with zero attached hydrogens (tertiary/aromatic N) is 1. The SMILES string of the molecule is CCCN(C=O)C1OC(COP(NCC(=O)OC2CCCCC2)Oc2ccccc2)CC1C. The Labute approximate surface area is 198 Å². The molecule has 3 rings (SSSR count). The molecule has 184 valence electrons. The van der Waals surface area contributed by atoms with Crippen LogP contribution in [-0.2, 0) is 23.6 Å². The summed E-state index contributed by atoms with van der Waals surface area (Å²) >= 11 is 0. The first-order valence-electron chi connectivity index (χ1n) is 12.0. The van der Waals surface area contributed by atoms with Crippen molar-refractivity contribution in [2.24, 2.45) is 5.92 Å². The van der Waals surface area contributed by atoms with Gasteiger partial charge in [0, 0.05) is 12.5 Å². The van der Waals surface area contributed by atoms with Crippen molar-refractivity contribution < 1.29 is 28.1 Å². The van der Waals surface area contributed by atoms with E-state index in [1.807, 2.05) is 37.3 Å². The second-order valence-corrected chi connectivity index (χ2v) is 10.0. The number of amides is 1. The van der Waals surface area contributed by atoms with E-state index < -0.39 is 8.53 Å². The largest absolute Gasteiger partial charge is 0.461 e. The highest BCUT2D eigenvalue weighted by Crippen LogP contribution is 2.37. The lowest BCUT2D eigenvalue weighted by molar-refractivity contribution is -0.149. The standard InChI is InChI=1S/C24H37N2O6P/c1-3-14-26(18-27)24-19(2)15-22(31-24)17-29-33(32-21-12-8-5-9-13-21)25-16-23(28)30-20-10-6-4-7-11-20/h5,8-9,12-13,18-20,22,24-25H,3-4,6-7,10-11,14-17H2,1-2H3. The average Bonchev–Trinajstić information content (AvgIpc) is 3.20. The molecule has 0 aromatic heterocycles. The third-order valence-corrected chi connectivity index (χ3v) is 7.09. The molecule has 1 aromatic rings. The summed E-state index contributed by atoms with van der Waals surface area (Å²) in [4.78, 5) is 25.5. The molecule has 1 heterocycles. The quantitative estimate of drug-likeness (QED) is 0.255. The van der Waals surface area contributed by atoms with Crippen LogP contribution in [0.5, 0.6) is 5.75 Å². The van der Waals surface area contributed by atoms with Gasteiger partial charge in [-0.1, -0.05) is 38.5 Å². The minimum atomic E-state index is -1.58. The number of hydrogen-bond donors (Lipinski definition) is 1. The molecule has 1 N–H and O–H groups in total. The van der Waals surface area contributed by atoms with E-state index in [4.69, 9.17) is 18.5 Å². The summed E-state index contributed by atoms with van der Waals surface area (Å²) in [5.74, 6) is 0.585. The maximum Gasteiger partial charge on any atom is 0.320 e. The molecule has 4 atom stereocenters. The Balaban J connectivity index is 1.51. The molecule has 2 aliphatic rings. The van der Waals surface area contributed by atoms with Crippen molar-refractivity contribution in [3.63, 3.8) is 0 Å². The molecule has 33 heavy (non-hydrogen) atoms. The van der Waals surface area contributed by atoms with E-state index in [1.54, 1.807) is 4.90 Å². The van der Waals surface area contributed by atoms with Crippen LogP contribution in [0.2, 0.25) is 0 Å². The Morgan fingerprint density at radius 3 is 2.70 bits per heavy atom. The van der Waals surface area contributed by atoms with Crippen LogP contribution in [-0.4, -0.2) is 55.4 Å². The number of benzene rings is 1. The van der Waals surface area contributed by atoms with Gasteiger partial charge in [-0.15, -0.1) is 0 Å². The van der Waals surface area contributed by atoms with Gasteiger partial charge < -0.3 is 23.4 Å². The second kappa shape index (κ2) is 13.9. The van der Waals surface area contributed by atoms with E-state index in [-0.39, 0.29) is 36.9 Å². The van der Waals surface area contributed by atoms with Gasteiger partial charge in [-0.05, 0) is 50.7 Å². The van der Waals surface area contributed by atoms with Gasteiger partial charge in [-0.3, -0.25) is 9.59 Å². The summed E-state index contributed by atoms with van der Waals surface area (Å²) in [6, 6.07) is 9.37. The topological polar surface area (TPSA) is 86.3 Å². The first-order chi connectivity index (χ1) is 16.1. The zero-order valence-electron chi connectivity index (χ0n) is 19.7. The molecular formula is C24H37N2O6P. The van der Waals surface area contributed by atoms with Gasteiger partial charge >= 0.3 is 14.5 Å². The zero-order valence-corrected chi connectivity index (χ0v) is 20.6. The number of hydrogen-bond acceptors (Lipinski definition) is 7. The molecule has 2 fully saturated rings. The molecular weight excluding hydrogens is 443 g/mol. The second-order valence-electron chi connectivity index (χ2n) is 8.75. The maximum atomic E-state index is 12.3. The number of nitrogens with one attached hydrogen (secondary N) is 1. The van der Waals surface area contributed by atoms with E-state index in [2.05, 4.69) is 12.0 Å². The van der Waals surface area contributed by atoms with Crippen molar-refractivity contribution in [2.75, 3.05) is 19.7 Å². The average molecular weight is 481 g/mol. The Bertz CT molecular complexity index is 718. The smallest absolute Gasteiger partial charge is 0.320 e. The lowest BCUT2D eigenvalue weighted by atomic mass is 9.98. The fourth-order valence-electron chi connectivity index (χ4n) is 4.30. The Kier molecular flexibility index (Phi) is 10.9. The molecule has 1 aromatic carbocycles. The van der Waals surface area contributed by atoms with Crippen molar-refractivity contribution in [1.82, 2.24) is 9.99 Å². The summed E-state index contributed by atoms with van der Waals surface area (Å²) in [6.07, 6.45) is 7.46. The number of carbonyl (C=O) groups excluding carboxylic acids is 2. The van der Waals surface area contributed by atoms with Crippen LogP contribution in [0.15, 0.2) is 30.3 Å². The van der Waals surface area contributed by atoms with Crippen LogP contribution in [0.1, 0.15) is 58.8 Å². The van der Waals surface area contributed by atoms with Crippen molar-refractivity contribution in [3.8, 4) is 5.75 Å². The van der Waals surface area contributed by atoms with Gasteiger partial charge in [0.1, 0.15) is 24.6 Å². The number of esters is 1. The number of ether oxygens (including phenoxy) is 2. The Morgan fingerprint density at radius 1 is 1.24 bits per heavy atom. The molecule has 1 aliphatic carbocycles. The molecule has 4 unspecified atom stereocenters. The minimum absolute atomic E-state index is 0.0180. The normalized spacial score (nSPS) is 24.2. The van der Waals surface area contributed by atoms with Crippen molar-refractivity contribution in [1.29, 1.82) is 0 Å². The molecule has 0 spiro atoms. The highest BCUT2D eigenvalue weighted by atomic mass is 31.2. The highest BCUT2D eigenvalue weighted by molar-refractivity contribution is 7.45. The molecule has 0 bridgehead atoms. The van der Waals surface area contributed by atoms with Crippen LogP contribution >= 0.6 is 8.53 Å². The minimum Gasteiger partial charge on any atom is -0.461 e. The van der Waals surface area contributed by atoms with E-state index in [0.717, 1.165) is 44.9 Å². The van der Waals surface area contributed by atoms with Crippen LogP contribution < -0.4 is 9.61 Å². The predicted molar refractivity (Wildman–Crippen MR) is 126 cm³/mol. The predicted octanol–water partition coefficient (Wildman–Crippen LogP) is 4.39. The van der Waals surface area contributed by atoms with E-state index in [0.29, 0.717) is 18.9 Å². The molecule has 1 saturated carbocycles. The first-order valence-corrected chi connectivity index (χ1v) is 13.2. The summed E-state index contributed by atoms with van der Waals surface area (Å²) < 4.78 is 23.7. The molecule has 1 aliphatic heterocycles. The van der Waals surface area contributed by atoms with Gasteiger partial charge in [-0.25, -0.2) is 5.09 Å². The summed E-state index contributed by atoms with van der Waals surface area (Å²) in [5, 5.41) is 3.08. The Hall–Kier alpha value is -1.73. The highest BCUT2D eigenvalue weighted by Gasteiger charge is 2.36. The van der Waals surface area contributed by atoms with Crippen LogP contribution in [0.25, 0.3) is 0 Å². The van der Waals surface area contributed by atoms with Crippen LogP contribution in [0.4, 0.5) is 0 Å². The number of rotatable bonds is 13. The molecule has 0 radical (unpaired) electrons. The van der Waals surface area contributed by atoms with Gasteiger partial charge in [0.2, 0.25) is 6.41 Å². The van der Waals surface area contributed by atoms with E-state index >= 15 is 0 Å². The maximum absolute atomic E-state index is 12.3. The Morgan fingerprint density at radius 2 is 2.00 bits per heavy atom. The van der Waals surface area contributed by atoms with Gasteiger partial charge in [0.25, 0.3) is 0 Å². The summed E-state index contributed by atoms with van der Waals surface area (Å²) in [7, 11) is -1.58. The van der Waals surface area contributed by atoms with Gasteiger partial charge in [0.05, 0.1) is 12.7 Å². The van der Waals surface area contributed by atoms with Gasteiger partial charge in [-0.2, -0.15) is 0 Å². The first kappa shape index (κ1) is 25.9. The lowest BCUT2D eigenvalue weighted by Gasteiger charge is -2.27. The lowest BCUT2D eigenvalue weighted by Crippen LogP contribution is -2.38. The summed E-state index contributed by atoms with van der Waals surface area (Å²) in [5.41, 5.74) is 0. The molecule has 1 amide bonds.